The summed E-state index contributed by atoms with van der Waals surface area (Å²) in [5.41, 5.74) is 0.948. The monoisotopic (exact) mass is 374 g/mol. The number of nitrogens with one attached hydrogen (secondary N) is 1. The summed E-state index contributed by atoms with van der Waals surface area (Å²) in [5, 5.41) is 2.48. The number of thioether (sulfide) groups is 1. The van der Waals surface area contributed by atoms with Crippen LogP contribution in [0.5, 0.6) is 0 Å². The fourth-order valence-corrected chi connectivity index (χ4v) is 3.91. The maximum absolute atomic E-state index is 12.3. The molecule has 2 heterocycles. The molecule has 1 aliphatic heterocycles. The number of amides is 1. The highest BCUT2D eigenvalue weighted by Crippen LogP contribution is 2.25. The Kier molecular flexibility index (Phi) is 4.91. The number of hydrogen-bond donors (Lipinski definition) is 1. The summed E-state index contributed by atoms with van der Waals surface area (Å²) >= 11 is 0.970. The van der Waals surface area contributed by atoms with Crippen LogP contribution in [0.1, 0.15) is 11.3 Å². The van der Waals surface area contributed by atoms with E-state index >= 15 is 0 Å². The minimum absolute atomic E-state index is 0.0308. The minimum Gasteiger partial charge on any atom is -0.465 e. The molecule has 3 rings (SSSR count). The molecule has 1 saturated heterocycles. The van der Waals surface area contributed by atoms with Gasteiger partial charge in [-0.1, -0.05) is 23.8 Å². The first-order valence-electron chi connectivity index (χ1n) is 7.27. The number of aryl methyl sites for hydroxylation is 1. The van der Waals surface area contributed by atoms with Gasteiger partial charge in [0.1, 0.15) is 5.76 Å². The summed E-state index contributed by atoms with van der Waals surface area (Å²) < 4.78 is 33.4. The Morgan fingerprint density at radius 3 is 2.64 bits per heavy atom. The number of rotatable bonds is 4. The van der Waals surface area contributed by atoms with Gasteiger partial charge >= 0.3 is 0 Å². The molecule has 1 N–H and O–H groups in total. The van der Waals surface area contributed by atoms with Gasteiger partial charge in [0.25, 0.3) is 15.9 Å². The van der Waals surface area contributed by atoms with Crippen LogP contribution in [0, 0.1) is 6.92 Å². The Labute approximate surface area is 149 Å². The van der Waals surface area contributed by atoms with E-state index in [0.29, 0.717) is 10.7 Å². The van der Waals surface area contributed by atoms with E-state index in [2.05, 4.69) is 9.71 Å². The van der Waals surface area contributed by atoms with Gasteiger partial charge in [0.15, 0.2) is 5.17 Å². The molecule has 1 amide bonds. The zero-order valence-corrected chi connectivity index (χ0v) is 14.8. The maximum atomic E-state index is 12.3. The molecule has 25 heavy (non-hydrogen) atoms. The number of benzene rings is 1. The van der Waals surface area contributed by atoms with Crippen LogP contribution in [-0.4, -0.2) is 19.5 Å². The summed E-state index contributed by atoms with van der Waals surface area (Å²) in [7, 11) is -3.87. The van der Waals surface area contributed by atoms with E-state index in [1.165, 1.54) is 12.1 Å². The number of hydrogen-bond acceptors (Lipinski definition) is 5. The van der Waals surface area contributed by atoms with Crippen molar-refractivity contribution in [1.82, 2.24) is 5.32 Å². The first-order chi connectivity index (χ1) is 11.9. The summed E-state index contributed by atoms with van der Waals surface area (Å²) in [6, 6.07) is 9.89. The topological polar surface area (TPSA) is 88.7 Å². The molecule has 8 heteroatoms. The second kappa shape index (κ2) is 7.12. The fraction of sp³-hybridized carbons (Fsp3) is 0.0588. The van der Waals surface area contributed by atoms with E-state index in [1.807, 2.05) is 6.92 Å². The second-order valence-electron chi connectivity index (χ2n) is 5.15. The smallest absolute Gasteiger partial charge is 0.284 e. The van der Waals surface area contributed by atoms with Crippen molar-refractivity contribution >= 4 is 38.9 Å². The van der Waals surface area contributed by atoms with E-state index in [9.17, 15) is 13.2 Å². The molecule has 0 atom stereocenters. The van der Waals surface area contributed by atoms with E-state index in [0.717, 1.165) is 17.3 Å². The fourth-order valence-electron chi connectivity index (χ4n) is 1.97. The number of sulfonamides is 1. The summed E-state index contributed by atoms with van der Waals surface area (Å²) in [5.74, 6) is 0.253. The zero-order valence-electron chi connectivity index (χ0n) is 13.2. The lowest BCUT2D eigenvalue weighted by Gasteiger charge is -2.00. The molecule has 1 aromatic heterocycles. The molecule has 0 radical (unpaired) electrons. The zero-order chi connectivity index (χ0) is 17.9. The van der Waals surface area contributed by atoms with Crippen LogP contribution in [-0.2, 0) is 14.8 Å². The number of amidine groups is 1. The SMILES string of the molecule is Cc1ccc(S(=O)(=O)N=C2NC(=O)/C(=C/C=C/c3ccco3)S2)cc1. The molecule has 0 aliphatic carbocycles. The van der Waals surface area contributed by atoms with Gasteiger partial charge in [-0.3, -0.25) is 10.1 Å². The molecular formula is C17H14N2O4S2. The molecule has 1 fully saturated rings. The number of carbonyl (C=O) groups excluding carboxylic acids is 1. The van der Waals surface area contributed by atoms with Crippen molar-refractivity contribution in [1.29, 1.82) is 0 Å². The van der Waals surface area contributed by atoms with Crippen molar-refractivity contribution in [3.8, 4) is 0 Å². The van der Waals surface area contributed by atoms with Gasteiger partial charge in [-0.2, -0.15) is 8.42 Å². The highest BCUT2D eigenvalue weighted by atomic mass is 32.2. The average Bonchev–Trinajstić information content (AvgIpc) is 3.18. The van der Waals surface area contributed by atoms with Crippen molar-refractivity contribution in [2.75, 3.05) is 0 Å². The Balaban J connectivity index is 1.77. The third-order valence-corrected chi connectivity index (χ3v) is 5.56. The van der Waals surface area contributed by atoms with Crippen LogP contribution in [0.4, 0.5) is 0 Å². The number of allylic oxidation sites excluding steroid dienone is 2. The van der Waals surface area contributed by atoms with Crippen molar-refractivity contribution in [3.63, 3.8) is 0 Å². The first kappa shape index (κ1) is 17.2. The van der Waals surface area contributed by atoms with Crippen molar-refractivity contribution < 1.29 is 17.6 Å². The Bertz CT molecular complexity index is 970. The van der Waals surface area contributed by atoms with Crippen molar-refractivity contribution in [2.45, 2.75) is 11.8 Å². The molecule has 0 unspecified atom stereocenters. The molecule has 1 aromatic carbocycles. The van der Waals surface area contributed by atoms with Gasteiger partial charge in [-0.25, -0.2) is 0 Å². The van der Waals surface area contributed by atoms with Crippen molar-refractivity contribution in [3.05, 3.63) is 71.0 Å². The predicted octanol–water partition coefficient (Wildman–Crippen LogP) is 3.09. The predicted molar refractivity (Wildman–Crippen MR) is 97.4 cm³/mol. The molecular weight excluding hydrogens is 360 g/mol. The van der Waals surface area contributed by atoms with E-state index < -0.39 is 15.9 Å². The van der Waals surface area contributed by atoms with Crippen LogP contribution < -0.4 is 5.32 Å². The molecule has 1 aliphatic rings. The lowest BCUT2D eigenvalue weighted by molar-refractivity contribution is -0.115. The number of carbonyl (C=O) groups is 1. The van der Waals surface area contributed by atoms with Crippen LogP contribution in [0.2, 0.25) is 0 Å². The van der Waals surface area contributed by atoms with Crippen LogP contribution in [0.15, 0.2) is 73.4 Å². The third kappa shape index (κ3) is 4.28. The Hall–Kier alpha value is -2.58. The average molecular weight is 374 g/mol. The van der Waals surface area contributed by atoms with Gasteiger partial charge in [0.05, 0.1) is 16.1 Å². The third-order valence-electron chi connectivity index (χ3n) is 3.22. The Morgan fingerprint density at radius 2 is 1.96 bits per heavy atom. The molecule has 0 bridgehead atoms. The highest BCUT2D eigenvalue weighted by Gasteiger charge is 2.26. The standard InChI is InChI=1S/C17H14N2O4S2/c1-12-7-9-14(10-8-12)25(21,22)19-17-18-16(20)15(24-17)6-2-4-13-5-3-11-23-13/h2-11H,1H3,(H,18,19,20)/b4-2+,15-6-. The molecule has 6 nitrogen and oxygen atoms in total. The highest BCUT2D eigenvalue weighted by molar-refractivity contribution is 8.19. The van der Waals surface area contributed by atoms with E-state index in [1.54, 1.807) is 48.8 Å². The summed E-state index contributed by atoms with van der Waals surface area (Å²) in [6.45, 7) is 1.86. The van der Waals surface area contributed by atoms with Gasteiger partial charge in [-0.15, -0.1) is 4.40 Å². The minimum atomic E-state index is -3.87. The number of furan rings is 1. The number of nitrogens with zero attached hydrogens (tertiary/aromatic N) is 1. The molecule has 128 valence electrons. The quantitative estimate of drug-likeness (QED) is 0.831. The van der Waals surface area contributed by atoms with Gasteiger partial charge < -0.3 is 4.42 Å². The van der Waals surface area contributed by atoms with E-state index in [4.69, 9.17) is 4.42 Å². The molecule has 0 saturated carbocycles. The first-order valence-corrected chi connectivity index (χ1v) is 9.52. The normalized spacial score (nSPS) is 18.4. The summed E-state index contributed by atoms with van der Waals surface area (Å²) in [4.78, 5) is 12.3. The van der Waals surface area contributed by atoms with Crippen LogP contribution in [0.25, 0.3) is 6.08 Å². The van der Waals surface area contributed by atoms with E-state index in [-0.39, 0.29) is 10.1 Å². The Morgan fingerprint density at radius 1 is 1.20 bits per heavy atom. The van der Waals surface area contributed by atoms with Crippen LogP contribution in [0.3, 0.4) is 0 Å². The summed E-state index contributed by atoms with van der Waals surface area (Å²) in [6.07, 6.45) is 6.46. The van der Waals surface area contributed by atoms with Crippen LogP contribution >= 0.6 is 11.8 Å². The second-order valence-corrected chi connectivity index (χ2v) is 7.78. The van der Waals surface area contributed by atoms with Crippen molar-refractivity contribution in [2.24, 2.45) is 4.40 Å². The lowest BCUT2D eigenvalue weighted by atomic mass is 10.2. The van der Waals surface area contributed by atoms with Gasteiger partial charge in [0, 0.05) is 0 Å². The maximum Gasteiger partial charge on any atom is 0.284 e. The largest absolute Gasteiger partial charge is 0.465 e. The lowest BCUT2D eigenvalue weighted by Crippen LogP contribution is -2.20. The molecule has 0 spiro atoms. The van der Waals surface area contributed by atoms with Gasteiger partial charge in [-0.05, 0) is 55.1 Å². The van der Waals surface area contributed by atoms with Gasteiger partial charge in [0.2, 0.25) is 0 Å². The molecule has 2 aromatic rings.